The fourth-order valence-corrected chi connectivity index (χ4v) is 0.383. The average Bonchev–Trinajstić information content (AvgIpc) is 2.54. The minimum absolute atomic E-state index is 0. The summed E-state index contributed by atoms with van der Waals surface area (Å²) in [5, 5.41) is 31.9. The lowest BCUT2D eigenvalue weighted by Gasteiger charge is -1.94. The second kappa shape index (κ2) is 26.0. The van der Waals surface area contributed by atoms with Crippen molar-refractivity contribution in [1.29, 1.82) is 0 Å². The molecule has 0 aromatic heterocycles. The molecule has 0 amide bonds. The summed E-state index contributed by atoms with van der Waals surface area (Å²) in [5.74, 6) is -4.24. The largest absolute Gasteiger partial charge is 0.390 e. The Balaban J connectivity index is -0.0000000771. The molecular formula is C12H28N2O10. The summed E-state index contributed by atoms with van der Waals surface area (Å²) in [6, 6.07) is 0. The van der Waals surface area contributed by atoms with Crippen LogP contribution in [0.1, 0.15) is 26.7 Å². The molecule has 0 aromatic carbocycles. The molecule has 0 aromatic rings. The van der Waals surface area contributed by atoms with Gasteiger partial charge in [-0.25, -0.2) is 19.2 Å². The van der Waals surface area contributed by atoms with Crippen molar-refractivity contribution in [1.82, 2.24) is 12.3 Å². The quantitative estimate of drug-likeness (QED) is 0.235. The number of rotatable bonds is 5. The molecular weight excluding hydrogens is 332 g/mol. The molecule has 146 valence electrons. The lowest BCUT2D eigenvalue weighted by atomic mass is 10.4. The highest BCUT2D eigenvalue weighted by Gasteiger charge is 2.06. The van der Waals surface area contributed by atoms with Crippen LogP contribution in [0.5, 0.6) is 0 Å². The number of carbonyl (C=O) groups is 4. The monoisotopic (exact) mass is 360 g/mol. The number of hydrogen-bond acceptors (Lipinski definition) is 12. The van der Waals surface area contributed by atoms with Gasteiger partial charge in [0.1, 0.15) is 26.4 Å². The maximum Gasteiger partial charge on any atom is 0.339 e. The fourth-order valence-electron chi connectivity index (χ4n) is 0.383. The van der Waals surface area contributed by atoms with Crippen LogP contribution in [-0.2, 0) is 28.7 Å². The summed E-state index contributed by atoms with van der Waals surface area (Å²) in [6.07, 6.45) is 2.64. The Bertz CT molecular complexity index is 276. The van der Waals surface area contributed by atoms with Gasteiger partial charge < -0.3 is 42.2 Å². The molecule has 12 nitrogen and oxygen atoms in total. The van der Waals surface area contributed by atoms with Gasteiger partial charge in [0, 0.05) is 0 Å². The zero-order valence-electron chi connectivity index (χ0n) is 13.9. The van der Waals surface area contributed by atoms with Gasteiger partial charge >= 0.3 is 23.9 Å². The van der Waals surface area contributed by atoms with Gasteiger partial charge in [0.15, 0.2) is 0 Å². The number of carbonyl (C=O) groups excluding carboxylic acids is 4. The average molecular weight is 360 g/mol. The minimum atomic E-state index is -1.06. The molecule has 0 fully saturated rings. The molecule has 0 unspecified atom stereocenters. The van der Waals surface area contributed by atoms with E-state index >= 15 is 0 Å². The first-order valence-corrected chi connectivity index (χ1v) is 6.23. The lowest BCUT2D eigenvalue weighted by molar-refractivity contribution is -0.165. The van der Waals surface area contributed by atoms with Crippen molar-refractivity contribution in [3.8, 4) is 0 Å². The number of hydrogen-bond donors (Lipinski definition) is 6. The molecule has 0 aliphatic carbocycles. The Morgan fingerprint density at radius 3 is 0.833 bits per heavy atom. The number of aliphatic hydroxyl groups excluding tert-OH is 4. The lowest BCUT2D eigenvalue weighted by Crippen LogP contribution is -2.17. The predicted molar refractivity (Wildman–Crippen MR) is 81.2 cm³/mol. The molecule has 0 heterocycles. The molecule has 0 radical (unpaired) electrons. The van der Waals surface area contributed by atoms with Crippen molar-refractivity contribution < 1.29 is 49.1 Å². The van der Waals surface area contributed by atoms with Crippen molar-refractivity contribution in [3.63, 3.8) is 0 Å². The van der Waals surface area contributed by atoms with Gasteiger partial charge in [-0.15, -0.1) is 0 Å². The molecule has 24 heavy (non-hydrogen) atoms. The van der Waals surface area contributed by atoms with Crippen molar-refractivity contribution in [3.05, 3.63) is 0 Å². The van der Waals surface area contributed by atoms with E-state index in [-0.39, 0.29) is 12.3 Å². The topological polar surface area (TPSA) is 238 Å². The van der Waals surface area contributed by atoms with Gasteiger partial charge in [-0.2, -0.15) is 0 Å². The Morgan fingerprint density at radius 1 is 0.583 bits per heavy atom. The first kappa shape index (κ1) is 33.6. The molecule has 10 N–H and O–H groups in total. The van der Waals surface area contributed by atoms with Crippen LogP contribution in [0, 0.1) is 0 Å². The first-order chi connectivity index (χ1) is 10.3. The number of ether oxygens (including phenoxy) is 2. The molecule has 12 heteroatoms. The van der Waals surface area contributed by atoms with Crippen LogP contribution in [0.25, 0.3) is 0 Å². The normalized spacial score (nSPS) is 7.75. The van der Waals surface area contributed by atoms with Crippen LogP contribution in [-0.4, -0.2) is 70.7 Å². The van der Waals surface area contributed by atoms with E-state index in [0.29, 0.717) is 0 Å². The van der Waals surface area contributed by atoms with Crippen LogP contribution in [0.15, 0.2) is 0 Å². The third-order valence-corrected chi connectivity index (χ3v) is 1.47. The van der Waals surface area contributed by atoms with Crippen molar-refractivity contribution in [2.75, 3.05) is 26.4 Å². The van der Waals surface area contributed by atoms with Crippen LogP contribution < -0.4 is 12.3 Å². The van der Waals surface area contributed by atoms with Gasteiger partial charge in [-0.3, -0.25) is 0 Å². The fraction of sp³-hybridized carbons (Fsp3) is 0.667. The highest BCUT2D eigenvalue weighted by Crippen LogP contribution is 1.77. The third kappa shape index (κ3) is 32.1. The summed E-state index contributed by atoms with van der Waals surface area (Å²) in [6.45, 7) is 0.939. The number of unbranched alkanes of at least 4 members (excludes halogenated alkanes) is 1. The summed E-state index contributed by atoms with van der Waals surface area (Å²) < 4.78 is 7.54. The molecule has 0 atom stereocenters. The van der Waals surface area contributed by atoms with E-state index in [2.05, 4.69) is 23.3 Å². The van der Waals surface area contributed by atoms with Crippen LogP contribution in [0.3, 0.4) is 0 Å². The second-order valence-electron chi connectivity index (χ2n) is 3.32. The molecule has 0 aliphatic heterocycles. The SMILES string of the molecule is CCCC.N.N.O=C(CO)OC(=O)CO.O=C(CO)OC(=O)CO. The Morgan fingerprint density at radius 2 is 0.750 bits per heavy atom. The van der Waals surface area contributed by atoms with E-state index in [0.717, 1.165) is 0 Å². The summed E-state index contributed by atoms with van der Waals surface area (Å²) in [5.41, 5.74) is 0. The Hall–Kier alpha value is -1.96. The third-order valence-electron chi connectivity index (χ3n) is 1.47. The highest BCUT2D eigenvalue weighted by molar-refractivity contribution is 5.86. The zero-order chi connectivity index (χ0) is 18.0. The second-order valence-corrected chi connectivity index (χ2v) is 3.32. The van der Waals surface area contributed by atoms with Crippen LogP contribution in [0.4, 0.5) is 0 Å². The summed E-state index contributed by atoms with van der Waals surface area (Å²) in [7, 11) is 0. The predicted octanol–water partition coefficient (Wildman–Crippen LogP) is -1.79. The first-order valence-electron chi connectivity index (χ1n) is 6.23. The molecule has 0 bridgehead atoms. The van der Waals surface area contributed by atoms with Crippen molar-refractivity contribution in [2.45, 2.75) is 26.7 Å². The number of esters is 4. The van der Waals surface area contributed by atoms with Gasteiger partial charge in [-0.05, 0) is 0 Å². The van der Waals surface area contributed by atoms with E-state index in [1.165, 1.54) is 12.8 Å². The summed E-state index contributed by atoms with van der Waals surface area (Å²) in [4.78, 5) is 39.9. The standard InChI is InChI=1S/2C4H6O5.C4H10.2H3N/c2*5-1-3(7)9-4(8)2-6;1-3-4-2;;/h2*5-6H,1-2H2;3-4H2,1-2H3;2*1H3. The summed E-state index contributed by atoms with van der Waals surface area (Å²) >= 11 is 0. The number of aliphatic hydroxyl groups is 4. The van der Waals surface area contributed by atoms with Crippen LogP contribution >= 0.6 is 0 Å². The van der Waals surface area contributed by atoms with Crippen molar-refractivity contribution >= 4 is 23.9 Å². The Labute approximate surface area is 139 Å². The zero-order valence-corrected chi connectivity index (χ0v) is 13.9. The Kier molecular flexibility index (Phi) is 36.4. The van der Waals surface area contributed by atoms with E-state index < -0.39 is 50.3 Å². The smallest absolute Gasteiger partial charge is 0.339 e. The molecule has 0 rings (SSSR count). The van der Waals surface area contributed by atoms with Gasteiger partial charge in [-0.1, -0.05) is 26.7 Å². The van der Waals surface area contributed by atoms with E-state index in [1.54, 1.807) is 0 Å². The highest BCUT2D eigenvalue weighted by atomic mass is 16.6. The van der Waals surface area contributed by atoms with Gasteiger partial charge in [0.05, 0.1) is 0 Å². The van der Waals surface area contributed by atoms with Gasteiger partial charge in [0.2, 0.25) is 0 Å². The van der Waals surface area contributed by atoms with Crippen molar-refractivity contribution in [2.24, 2.45) is 0 Å². The molecule has 0 spiro atoms. The van der Waals surface area contributed by atoms with E-state index in [9.17, 15) is 19.2 Å². The van der Waals surface area contributed by atoms with Gasteiger partial charge in [0.25, 0.3) is 0 Å². The van der Waals surface area contributed by atoms with Crippen LogP contribution in [0.2, 0.25) is 0 Å². The maximum absolute atomic E-state index is 9.98. The molecule has 0 saturated carbocycles. The van der Waals surface area contributed by atoms with E-state index in [1.807, 2.05) is 0 Å². The molecule has 0 saturated heterocycles. The molecule has 0 aliphatic rings. The minimum Gasteiger partial charge on any atom is -0.390 e. The van der Waals surface area contributed by atoms with E-state index in [4.69, 9.17) is 20.4 Å². The maximum atomic E-state index is 9.98.